The Morgan fingerprint density at radius 2 is 1.44 bits per heavy atom. The standard InChI is InChI=1S/C29H38O7/c1-19-17-20(14-15-22(19)31)28-27(34)26(33)25-24(36-28)18-23(32)21(29(25)35-2)13-11-9-7-5-3-4-6-8-10-12-16-30/h14-15,17-18,30-32,34H,3-13,16H2,1-2H3. The predicted molar refractivity (Wildman–Crippen MR) is 141 cm³/mol. The molecule has 36 heavy (non-hydrogen) atoms. The lowest BCUT2D eigenvalue weighted by Gasteiger charge is -2.15. The molecular weight excluding hydrogens is 460 g/mol. The highest BCUT2D eigenvalue weighted by molar-refractivity contribution is 5.90. The van der Waals surface area contributed by atoms with E-state index in [0.29, 0.717) is 23.1 Å². The molecule has 0 fully saturated rings. The van der Waals surface area contributed by atoms with E-state index in [2.05, 4.69) is 0 Å². The van der Waals surface area contributed by atoms with Crippen molar-refractivity contribution in [3.05, 3.63) is 45.6 Å². The Labute approximate surface area is 212 Å². The summed E-state index contributed by atoms with van der Waals surface area (Å²) in [7, 11) is 1.44. The highest BCUT2D eigenvalue weighted by Crippen LogP contribution is 2.40. The molecule has 0 atom stereocenters. The Morgan fingerprint density at radius 3 is 2.03 bits per heavy atom. The average molecular weight is 499 g/mol. The fourth-order valence-corrected chi connectivity index (χ4v) is 4.62. The number of aryl methyl sites for hydroxylation is 1. The number of fused-ring (bicyclic) bond motifs is 1. The molecule has 0 saturated carbocycles. The highest BCUT2D eigenvalue weighted by atomic mass is 16.5. The van der Waals surface area contributed by atoms with Crippen molar-refractivity contribution < 1.29 is 29.6 Å². The van der Waals surface area contributed by atoms with Crippen LogP contribution in [0.4, 0.5) is 0 Å². The van der Waals surface area contributed by atoms with Gasteiger partial charge in [-0.05, 0) is 49.9 Å². The Hall–Kier alpha value is -3.19. The highest BCUT2D eigenvalue weighted by Gasteiger charge is 2.23. The molecule has 0 spiro atoms. The van der Waals surface area contributed by atoms with Crippen molar-refractivity contribution in [2.24, 2.45) is 0 Å². The first-order valence-corrected chi connectivity index (χ1v) is 12.9. The third-order valence-corrected chi connectivity index (χ3v) is 6.69. The van der Waals surface area contributed by atoms with Gasteiger partial charge in [0.25, 0.3) is 0 Å². The van der Waals surface area contributed by atoms with Gasteiger partial charge < -0.3 is 29.6 Å². The molecule has 1 aromatic heterocycles. The van der Waals surface area contributed by atoms with Crippen molar-refractivity contribution in [3.8, 4) is 34.3 Å². The Kier molecular flexibility index (Phi) is 10.1. The van der Waals surface area contributed by atoms with Crippen LogP contribution in [0.2, 0.25) is 0 Å². The number of ether oxygens (including phenoxy) is 1. The molecule has 3 aromatic rings. The first kappa shape index (κ1) is 27.4. The Balaban J connectivity index is 1.70. The maximum absolute atomic E-state index is 13.1. The summed E-state index contributed by atoms with van der Waals surface area (Å²) in [6.07, 6.45) is 11.5. The van der Waals surface area contributed by atoms with Gasteiger partial charge in [-0.15, -0.1) is 0 Å². The molecule has 7 nitrogen and oxygen atoms in total. The molecular formula is C29H38O7. The summed E-state index contributed by atoms with van der Waals surface area (Å²) in [6, 6.07) is 6.03. The van der Waals surface area contributed by atoms with E-state index < -0.39 is 11.2 Å². The first-order chi connectivity index (χ1) is 17.4. The number of phenolic OH excluding ortho intramolecular Hbond substituents is 2. The number of hydrogen-bond acceptors (Lipinski definition) is 7. The minimum absolute atomic E-state index is 0.0103. The number of methoxy groups -OCH3 is 1. The number of aromatic hydroxyl groups is 3. The molecule has 196 valence electrons. The molecule has 1 heterocycles. The van der Waals surface area contributed by atoms with E-state index in [0.717, 1.165) is 38.5 Å². The molecule has 0 aliphatic heterocycles. The monoisotopic (exact) mass is 498 g/mol. The molecule has 0 unspecified atom stereocenters. The number of benzene rings is 2. The van der Waals surface area contributed by atoms with Gasteiger partial charge >= 0.3 is 0 Å². The van der Waals surface area contributed by atoms with Crippen LogP contribution in [0.3, 0.4) is 0 Å². The predicted octanol–water partition coefficient (Wildman–Crippen LogP) is 6.33. The van der Waals surface area contributed by atoms with E-state index in [1.807, 2.05) is 0 Å². The number of aliphatic hydroxyl groups excluding tert-OH is 1. The molecule has 0 aliphatic rings. The van der Waals surface area contributed by atoms with Gasteiger partial charge in [-0.2, -0.15) is 0 Å². The molecule has 0 aliphatic carbocycles. The SMILES string of the molecule is COc1c(CCCCCCCCCCCCO)c(O)cc2oc(-c3ccc(O)c(C)c3)c(O)c(=O)c12. The minimum Gasteiger partial charge on any atom is -0.508 e. The van der Waals surface area contributed by atoms with Crippen LogP contribution in [0.25, 0.3) is 22.3 Å². The van der Waals surface area contributed by atoms with E-state index in [1.54, 1.807) is 19.1 Å². The zero-order chi connectivity index (χ0) is 26.1. The summed E-state index contributed by atoms with van der Waals surface area (Å²) >= 11 is 0. The van der Waals surface area contributed by atoms with Crippen molar-refractivity contribution >= 4 is 11.0 Å². The third-order valence-electron chi connectivity index (χ3n) is 6.69. The number of rotatable bonds is 14. The minimum atomic E-state index is -0.630. The summed E-state index contributed by atoms with van der Waals surface area (Å²) in [5.74, 6) is -0.258. The number of hydrogen-bond donors (Lipinski definition) is 4. The van der Waals surface area contributed by atoms with Crippen LogP contribution < -0.4 is 10.2 Å². The summed E-state index contributed by atoms with van der Waals surface area (Å²) in [5.41, 5.74) is 1.04. The topological polar surface area (TPSA) is 120 Å². The van der Waals surface area contributed by atoms with Crippen molar-refractivity contribution in [1.29, 1.82) is 0 Å². The summed E-state index contributed by atoms with van der Waals surface area (Å²) < 4.78 is 11.4. The molecule has 4 N–H and O–H groups in total. The van der Waals surface area contributed by atoms with Crippen LogP contribution in [0.15, 0.2) is 33.5 Å². The average Bonchev–Trinajstić information content (AvgIpc) is 2.86. The van der Waals surface area contributed by atoms with Crippen molar-refractivity contribution in [2.75, 3.05) is 13.7 Å². The Morgan fingerprint density at radius 1 is 0.833 bits per heavy atom. The van der Waals surface area contributed by atoms with Gasteiger partial charge in [0.2, 0.25) is 11.2 Å². The number of unbranched alkanes of at least 4 members (excludes halogenated alkanes) is 9. The van der Waals surface area contributed by atoms with Gasteiger partial charge in [0.15, 0.2) is 5.76 Å². The van der Waals surface area contributed by atoms with E-state index in [9.17, 15) is 20.1 Å². The fraction of sp³-hybridized carbons (Fsp3) is 0.483. The van der Waals surface area contributed by atoms with E-state index in [4.69, 9.17) is 14.3 Å². The van der Waals surface area contributed by atoms with Gasteiger partial charge in [0.1, 0.15) is 28.2 Å². The molecule has 3 rings (SSSR count). The first-order valence-electron chi connectivity index (χ1n) is 12.9. The van der Waals surface area contributed by atoms with E-state index in [1.165, 1.54) is 44.9 Å². The van der Waals surface area contributed by atoms with Crippen LogP contribution in [-0.4, -0.2) is 34.1 Å². The van der Waals surface area contributed by atoms with Crippen LogP contribution in [0, 0.1) is 6.92 Å². The van der Waals surface area contributed by atoms with Crippen molar-refractivity contribution in [1.82, 2.24) is 0 Å². The summed E-state index contributed by atoms with van der Waals surface area (Å²) in [6.45, 7) is 1.99. The number of phenols is 2. The van der Waals surface area contributed by atoms with E-state index >= 15 is 0 Å². The molecule has 0 radical (unpaired) electrons. The summed E-state index contributed by atoms with van der Waals surface area (Å²) in [4.78, 5) is 13.1. The molecule has 0 amide bonds. The van der Waals surface area contributed by atoms with Gasteiger partial charge in [-0.25, -0.2) is 0 Å². The maximum Gasteiger partial charge on any atom is 0.238 e. The largest absolute Gasteiger partial charge is 0.508 e. The molecule has 0 bridgehead atoms. The molecule has 7 heteroatoms. The second kappa shape index (κ2) is 13.2. The lowest BCUT2D eigenvalue weighted by molar-refractivity contribution is 0.282. The number of aliphatic hydroxyl groups is 1. The van der Waals surface area contributed by atoms with Crippen molar-refractivity contribution in [3.63, 3.8) is 0 Å². The zero-order valence-electron chi connectivity index (χ0n) is 21.3. The Bertz CT molecular complexity index is 1210. The quantitative estimate of drug-likeness (QED) is 0.192. The lowest BCUT2D eigenvalue weighted by atomic mass is 9.99. The van der Waals surface area contributed by atoms with Crippen LogP contribution >= 0.6 is 0 Å². The van der Waals surface area contributed by atoms with Crippen molar-refractivity contribution in [2.45, 2.75) is 77.6 Å². The van der Waals surface area contributed by atoms with Crippen LogP contribution in [-0.2, 0) is 6.42 Å². The van der Waals surface area contributed by atoms with Gasteiger partial charge in [-0.1, -0.05) is 51.4 Å². The molecule has 2 aromatic carbocycles. The maximum atomic E-state index is 13.1. The van der Waals surface area contributed by atoms with Gasteiger partial charge in [0.05, 0.1) is 7.11 Å². The lowest BCUT2D eigenvalue weighted by Crippen LogP contribution is -2.07. The second-order valence-electron chi connectivity index (χ2n) is 9.40. The van der Waals surface area contributed by atoms with Gasteiger partial charge in [0, 0.05) is 23.8 Å². The van der Waals surface area contributed by atoms with Crippen LogP contribution in [0.1, 0.15) is 75.3 Å². The normalized spacial score (nSPS) is 11.3. The summed E-state index contributed by atoms with van der Waals surface area (Å²) in [5, 5.41) is 40.1. The van der Waals surface area contributed by atoms with Gasteiger partial charge in [-0.3, -0.25) is 4.79 Å². The smallest absolute Gasteiger partial charge is 0.238 e. The fourth-order valence-electron chi connectivity index (χ4n) is 4.62. The van der Waals surface area contributed by atoms with E-state index in [-0.39, 0.29) is 40.6 Å². The zero-order valence-corrected chi connectivity index (χ0v) is 21.3. The third kappa shape index (κ3) is 6.52. The second-order valence-corrected chi connectivity index (χ2v) is 9.40. The van der Waals surface area contributed by atoms with Crippen LogP contribution in [0.5, 0.6) is 23.0 Å². The molecule has 0 saturated heterocycles.